The van der Waals surface area contributed by atoms with Crippen molar-refractivity contribution < 1.29 is 5.11 Å². The molecule has 27 heavy (non-hydrogen) atoms. The number of nitrogens with one attached hydrogen (secondary N) is 1. The maximum atomic E-state index is 9.65. The van der Waals surface area contributed by atoms with Crippen LogP contribution in [-0.4, -0.2) is 39.2 Å². The molecule has 7 heteroatoms. The third-order valence-electron chi connectivity index (χ3n) is 4.63. The standard InChI is InChI=1S/C20H21BrN4OS/c21-19-5-4-18(27-19)17-6-9-22-20(24-17)23-15-3-1-2-14(12-15)13-25-10-7-16(26)8-11-25/h1-6,9,12,16,26H,7-8,10-11,13H2,(H,22,23,24). The van der Waals surface area contributed by atoms with Crippen molar-refractivity contribution >= 4 is 38.9 Å². The molecule has 1 saturated heterocycles. The monoisotopic (exact) mass is 444 g/mol. The fourth-order valence-corrected chi connectivity index (χ4v) is 4.58. The molecule has 3 aromatic rings. The lowest BCUT2D eigenvalue weighted by atomic mass is 10.1. The largest absolute Gasteiger partial charge is 0.393 e. The minimum atomic E-state index is -0.136. The predicted molar refractivity (Wildman–Crippen MR) is 113 cm³/mol. The topological polar surface area (TPSA) is 61.3 Å². The quantitative estimate of drug-likeness (QED) is 0.598. The molecule has 1 fully saturated rings. The zero-order chi connectivity index (χ0) is 18.6. The van der Waals surface area contributed by atoms with E-state index in [0.717, 1.165) is 52.5 Å². The van der Waals surface area contributed by atoms with Crippen LogP contribution in [-0.2, 0) is 6.54 Å². The molecule has 4 rings (SSSR count). The summed E-state index contributed by atoms with van der Waals surface area (Å²) in [6, 6.07) is 14.4. The van der Waals surface area contributed by atoms with Crippen molar-refractivity contribution in [3.8, 4) is 10.6 Å². The van der Waals surface area contributed by atoms with E-state index in [1.165, 1.54) is 5.56 Å². The van der Waals surface area contributed by atoms with E-state index in [1.54, 1.807) is 17.5 Å². The number of hydrogen-bond acceptors (Lipinski definition) is 6. The molecule has 0 bridgehead atoms. The van der Waals surface area contributed by atoms with Gasteiger partial charge in [-0.1, -0.05) is 12.1 Å². The van der Waals surface area contributed by atoms with E-state index in [0.29, 0.717) is 5.95 Å². The Balaban J connectivity index is 1.45. The molecule has 0 unspecified atom stereocenters. The second-order valence-corrected chi connectivity index (χ2v) is 9.16. The second-order valence-electron chi connectivity index (χ2n) is 6.70. The Morgan fingerprint density at radius 2 is 2.04 bits per heavy atom. The van der Waals surface area contributed by atoms with Crippen LogP contribution in [0.25, 0.3) is 10.6 Å². The lowest BCUT2D eigenvalue weighted by Gasteiger charge is -2.29. The number of rotatable bonds is 5. The van der Waals surface area contributed by atoms with Crippen LogP contribution in [0.5, 0.6) is 0 Å². The van der Waals surface area contributed by atoms with Crippen LogP contribution < -0.4 is 5.32 Å². The van der Waals surface area contributed by atoms with Crippen molar-refractivity contribution in [2.45, 2.75) is 25.5 Å². The molecule has 140 valence electrons. The van der Waals surface area contributed by atoms with E-state index in [1.807, 2.05) is 18.2 Å². The Kier molecular flexibility index (Phi) is 5.83. The van der Waals surface area contributed by atoms with E-state index < -0.39 is 0 Å². The summed E-state index contributed by atoms with van der Waals surface area (Å²) in [6.07, 6.45) is 3.36. The minimum Gasteiger partial charge on any atom is -0.393 e. The fraction of sp³-hybridized carbons (Fsp3) is 0.300. The van der Waals surface area contributed by atoms with Gasteiger partial charge in [0.25, 0.3) is 0 Å². The van der Waals surface area contributed by atoms with Gasteiger partial charge in [0.15, 0.2) is 0 Å². The van der Waals surface area contributed by atoms with Crippen LogP contribution in [0.2, 0.25) is 0 Å². The number of aliphatic hydroxyl groups excluding tert-OH is 1. The van der Waals surface area contributed by atoms with Gasteiger partial charge in [0.05, 0.1) is 20.5 Å². The third kappa shape index (κ3) is 4.93. The summed E-state index contributed by atoms with van der Waals surface area (Å²) in [5, 5.41) is 13.0. The van der Waals surface area contributed by atoms with Gasteiger partial charge >= 0.3 is 0 Å². The van der Waals surface area contributed by atoms with Crippen LogP contribution in [0.15, 0.2) is 52.4 Å². The van der Waals surface area contributed by atoms with Crippen molar-refractivity contribution in [3.05, 3.63) is 58.0 Å². The number of anilines is 2. The Morgan fingerprint density at radius 1 is 1.19 bits per heavy atom. The first-order valence-electron chi connectivity index (χ1n) is 9.01. The maximum absolute atomic E-state index is 9.65. The summed E-state index contributed by atoms with van der Waals surface area (Å²) in [4.78, 5) is 12.5. The molecule has 5 nitrogen and oxygen atoms in total. The van der Waals surface area contributed by atoms with E-state index in [9.17, 15) is 5.11 Å². The third-order valence-corrected chi connectivity index (χ3v) is 6.27. The number of halogens is 1. The van der Waals surface area contributed by atoms with Gasteiger partial charge in [0, 0.05) is 31.5 Å². The Morgan fingerprint density at radius 3 is 2.81 bits per heavy atom. The van der Waals surface area contributed by atoms with Gasteiger partial charge in [-0.05, 0) is 64.7 Å². The average Bonchev–Trinajstić information content (AvgIpc) is 3.11. The summed E-state index contributed by atoms with van der Waals surface area (Å²) in [5.41, 5.74) is 3.13. The average molecular weight is 445 g/mol. The molecule has 0 amide bonds. The van der Waals surface area contributed by atoms with Crippen LogP contribution in [0.3, 0.4) is 0 Å². The summed E-state index contributed by atoms with van der Waals surface area (Å²) in [5.74, 6) is 0.593. The molecule has 1 aliphatic rings. The van der Waals surface area contributed by atoms with Gasteiger partial charge < -0.3 is 10.4 Å². The number of aromatic nitrogens is 2. The first-order chi connectivity index (χ1) is 13.2. The Bertz CT molecular complexity index is 908. The van der Waals surface area contributed by atoms with Gasteiger partial charge in [-0.15, -0.1) is 11.3 Å². The number of nitrogens with zero attached hydrogens (tertiary/aromatic N) is 3. The van der Waals surface area contributed by atoms with E-state index in [4.69, 9.17) is 0 Å². The normalized spacial score (nSPS) is 15.8. The molecule has 1 aliphatic heterocycles. The van der Waals surface area contributed by atoms with Crippen molar-refractivity contribution in [3.63, 3.8) is 0 Å². The molecule has 0 aliphatic carbocycles. The molecule has 0 atom stereocenters. The summed E-state index contributed by atoms with van der Waals surface area (Å²) in [7, 11) is 0. The first-order valence-corrected chi connectivity index (χ1v) is 10.6. The maximum Gasteiger partial charge on any atom is 0.227 e. The number of thiophene rings is 1. The van der Waals surface area contributed by atoms with Gasteiger partial charge in [0.2, 0.25) is 5.95 Å². The highest BCUT2D eigenvalue weighted by atomic mass is 79.9. The molecule has 0 radical (unpaired) electrons. The van der Waals surface area contributed by atoms with Crippen molar-refractivity contribution in [1.29, 1.82) is 0 Å². The minimum absolute atomic E-state index is 0.136. The van der Waals surface area contributed by atoms with Gasteiger partial charge in [-0.25, -0.2) is 9.97 Å². The molecular weight excluding hydrogens is 424 g/mol. The summed E-state index contributed by atoms with van der Waals surface area (Å²) >= 11 is 5.15. The molecular formula is C20H21BrN4OS. The van der Waals surface area contributed by atoms with E-state index in [-0.39, 0.29) is 6.10 Å². The van der Waals surface area contributed by atoms with Crippen LogP contribution in [0.4, 0.5) is 11.6 Å². The fourth-order valence-electron chi connectivity index (χ4n) is 3.22. The second kappa shape index (κ2) is 8.48. The molecule has 3 heterocycles. The molecule has 0 spiro atoms. The first kappa shape index (κ1) is 18.6. The molecule has 1 aromatic carbocycles. The highest BCUT2D eigenvalue weighted by molar-refractivity contribution is 9.11. The lowest BCUT2D eigenvalue weighted by molar-refractivity contribution is 0.0792. The number of likely N-dealkylation sites (tertiary alicyclic amines) is 1. The smallest absolute Gasteiger partial charge is 0.227 e. The lowest BCUT2D eigenvalue weighted by Crippen LogP contribution is -2.35. The number of aliphatic hydroxyl groups is 1. The number of piperidine rings is 1. The predicted octanol–water partition coefficient (Wildman–Crippen LogP) is 4.67. The highest BCUT2D eigenvalue weighted by Gasteiger charge is 2.17. The van der Waals surface area contributed by atoms with Crippen LogP contribution >= 0.6 is 27.3 Å². The summed E-state index contributed by atoms with van der Waals surface area (Å²) in [6.45, 7) is 2.78. The van der Waals surface area contributed by atoms with Crippen molar-refractivity contribution in [2.75, 3.05) is 18.4 Å². The van der Waals surface area contributed by atoms with E-state index in [2.05, 4.69) is 60.4 Å². The molecule has 2 N–H and O–H groups in total. The van der Waals surface area contributed by atoms with E-state index >= 15 is 0 Å². The zero-order valence-electron chi connectivity index (χ0n) is 14.8. The van der Waals surface area contributed by atoms with Crippen molar-refractivity contribution in [1.82, 2.24) is 14.9 Å². The molecule has 0 saturated carbocycles. The SMILES string of the molecule is OC1CCN(Cc2cccc(Nc3nccc(-c4ccc(Br)s4)n3)c2)CC1. The van der Waals surface area contributed by atoms with Crippen LogP contribution in [0, 0.1) is 0 Å². The van der Waals surface area contributed by atoms with Gasteiger partial charge in [-0.2, -0.15) is 0 Å². The molecule has 2 aromatic heterocycles. The number of benzene rings is 1. The van der Waals surface area contributed by atoms with Gasteiger partial charge in [0.1, 0.15) is 0 Å². The number of hydrogen-bond donors (Lipinski definition) is 2. The summed E-state index contributed by atoms with van der Waals surface area (Å²) < 4.78 is 1.09. The van der Waals surface area contributed by atoms with Gasteiger partial charge in [-0.3, -0.25) is 4.90 Å². The highest BCUT2D eigenvalue weighted by Crippen LogP contribution is 2.30. The Hall–Kier alpha value is -1.80. The Labute approximate surface area is 171 Å². The van der Waals surface area contributed by atoms with Crippen molar-refractivity contribution in [2.24, 2.45) is 0 Å². The van der Waals surface area contributed by atoms with Crippen LogP contribution in [0.1, 0.15) is 18.4 Å². The zero-order valence-corrected chi connectivity index (χ0v) is 17.2.